The molecule has 3 aromatic carbocycles. The number of benzene rings is 3. The molecule has 0 saturated carbocycles. The molecule has 0 amide bonds. The average Bonchev–Trinajstić information content (AvgIpc) is 3.69. The molecule has 4 atom stereocenters. The summed E-state index contributed by atoms with van der Waals surface area (Å²) in [5.74, 6) is 2.80. The molecule has 0 N–H and O–H groups in total. The minimum atomic E-state index is -0.283. The van der Waals surface area contributed by atoms with Crippen LogP contribution in [0.1, 0.15) is 91.5 Å². The normalized spacial score (nSPS) is 23.2. The third-order valence-corrected chi connectivity index (χ3v) is 12.6. The Kier molecular flexibility index (Phi) is 8.39. The van der Waals surface area contributed by atoms with Crippen LogP contribution in [-0.4, -0.2) is 33.3 Å². The van der Waals surface area contributed by atoms with Gasteiger partial charge < -0.3 is 19.6 Å². The molecule has 0 fully saturated rings. The number of para-hydroxylation sites is 3. The molecule has 0 saturated heterocycles. The SMILES string of the molecule is C=Cc1ccccc1N1c2ncc(C(C)(C)C)nc2N(c2ccccc2)C1CC1(CC)C2N(c3ccccc3C1(C)CC)c1ncccc1N2C(C)C. The van der Waals surface area contributed by atoms with Gasteiger partial charge in [0, 0.05) is 39.9 Å². The van der Waals surface area contributed by atoms with Crippen LogP contribution in [0.2, 0.25) is 0 Å². The van der Waals surface area contributed by atoms with Gasteiger partial charge in [0.15, 0.2) is 17.5 Å². The van der Waals surface area contributed by atoms with Crippen molar-refractivity contribution in [2.45, 2.75) is 104 Å². The molecule has 0 bridgehead atoms. The van der Waals surface area contributed by atoms with Crippen molar-refractivity contribution >= 4 is 46.3 Å². The van der Waals surface area contributed by atoms with Crippen LogP contribution in [-0.2, 0) is 10.8 Å². The summed E-state index contributed by atoms with van der Waals surface area (Å²) in [6.45, 7) is 22.9. The van der Waals surface area contributed by atoms with Crippen molar-refractivity contribution in [2.75, 3.05) is 19.6 Å². The van der Waals surface area contributed by atoms with E-state index in [-0.39, 0.29) is 34.6 Å². The number of anilines is 7. The molecule has 7 nitrogen and oxygen atoms in total. The number of nitrogens with zero attached hydrogens (tertiary/aromatic N) is 7. The zero-order chi connectivity index (χ0) is 37.3. The Balaban J connectivity index is 1.44. The predicted octanol–water partition coefficient (Wildman–Crippen LogP) is 11.3. The monoisotopic (exact) mass is 703 g/mol. The van der Waals surface area contributed by atoms with E-state index in [4.69, 9.17) is 15.0 Å². The highest BCUT2D eigenvalue weighted by Gasteiger charge is 2.64. The smallest absolute Gasteiger partial charge is 0.178 e. The van der Waals surface area contributed by atoms with E-state index in [1.807, 2.05) is 18.5 Å². The molecule has 272 valence electrons. The largest absolute Gasteiger partial charge is 0.345 e. The first-order chi connectivity index (χ1) is 25.5. The second kappa shape index (κ2) is 12.8. The molecule has 4 unspecified atom stereocenters. The lowest BCUT2D eigenvalue weighted by Crippen LogP contribution is -2.67. The van der Waals surface area contributed by atoms with Crippen LogP contribution < -0.4 is 19.6 Å². The minimum absolute atomic E-state index is 0.0149. The maximum atomic E-state index is 5.51. The zero-order valence-corrected chi connectivity index (χ0v) is 32.6. The summed E-state index contributed by atoms with van der Waals surface area (Å²) in [4.78, 5) is 26.1. The van der Waals surface area contributed by atoms with Crippen molar-refractivity contribution in [3.05, 3.63) is 127 Å². The van der Waals surface area contributed by atoms with Gasteiger partial charge in [-0.15, -0.1) is 0 Å². The first-order valence-electron chi connectivity index (χ1n) is 19.3. The first kappa shape index (κ1) is 34.9. The molecule has 3 aliphatic rings. The summed E-state index contributed by atoms with van der Waals surface area (Å²) in [6.07, 6.45) is 8.52. The average molecular weight is 704 g/mol. The van der Waals surface area contributed by atoms with Gasteiger partial charge in [0.05, 0.1) is 23.3 Å². The number of pyridine rings is 1. The van der Waals surface area contributed by atoms with E-state index in [0.29, 0.717) is 0 Å². The molecule has 2 aromatic heterocycles. The van der Waals surface area contributed by atoms with Crippen molar-refractivity contribution in [2.24, 2.45) is 5.41 Å². The lowest BCUT2D eigenvalue weighted by atomic mass is 9.52. The fraction of sp³-hybridized carbons (Fsp3) is 0.370. The lowest BCUT2D eigenvalue weighted by molar-refractivity contribution is 0.0506. The maximum absolute atomic E-state index is 5.51. The van der Waals surface area contributed by atoms with E-state index in [0.717, 1.165) is 59.3 Å². The summed E-state index contributed by atoms with van der Waals surface area (Å²) in [6, 6.07) is 33.1. The van der Waals surface area contributed by atoms with Gasteiger partial charge in [-0.25, -0.2) is 15.0 Å². The minimum Gasteiger partial charge on any atom is -0.345 e. The third kappa shape index (κ3) is 5.03. The van der Waals surface area contributed by atoms with E-state index in [1.54, 1.807) is 0 Å². The number of fused-ring (bicyclic) bond motifs is 6. The van der Waals surface area contributed by atoms with Crippen LogP contribution in [0.3, 0.4) is 0 Å². The summed E-state index contributed by atoms with van der Waals surface area (Å²) in [5, 5.41) is 0. The highest BCUT2D eigenvalue weighted by atomic mass is 15.5. The summed E-state index contributed by atoms with van der Waals surface area (Å²) in [7, 11) is 0. The standard InChI is InChI=1S/C46H53N7/c1-10-32-21-16-18-25-35(32)52-39(51(33-22-14-13-15-23-33)42-41(52)48-30-38(49-42)44(6,7)8)29-46(12-3)43-50(31(4)5)37-27-20-28-47-40(37)53(43)36-26-19-17-24-34(36)45(46,9)11-2/h10,13-28,30-31,39,43H,1,11-12,29H2,2-9H3. The van der Waals surface area contributed by atoms with Gasteiger partial charge in [-0.05, 0) is 80.6 Å². The third-order valence-electron chi connectivity index (χ3n) is 12.6. The van der Waals surface area contributed by atoms with Gasteiger partial charge in [-0.2, -0.15) is 0 Å². The number of aromatic nitrogens is 3. The van der Waals surface area contributed by atoms with Gasteiger partial charge >= 0.3 is 0 Å². The fourth-order valence-corrected chi connectivity index (χ4v) is 9.77. The second-order valence-electron chi connectivity index (χ2n) is 16.5. The Morgan fingerprint density at radius 3 is 2.11 bits per heavy atom. The second-order valence-corrected chi connectivity index (χ2v) is 16.5. The molecule has 5 heterocycles. The topological polar surface area (TPSA) is 51.6 Å². The van der Waals surface area contributed by atoms with E-state index < -0.39 is 0 Å². The van der Waals surface area contributed by atoms with Crippen molar-refractivity contribution in [3.63, 3.8) is 0 Å². The summed E-state index contributed by atoms with van der Waals surface area (Å²) in [5.41, 5.74) is 7.41. The number of rotatable bonds is 8. The molecule has 0 aliphatic carbocycles. The van der Waals surface area contributed by atoms with Crippen molar-refractivity contribution in [1.29, 1.82) is 0 Å². The Morgan fingerprint density at radius 1 is 0.755 bits per heavy atom. The molecular formula is C46H53N7. The van der Waals surface area contributed by atoms with Crippen molar-refractivity contribution in [1.82, 2.24) is 15.0 Å². The van der Waals surface area contributed by atoms with Crippen LogP contribution in [0, 0.1) is 5.41 Å². The van der Waals surface area contributed by atoms with Gasteiger partial charge in [0.25, 0.3) is 0 Å². The molecule has 0 spiro atoms. The van der Waals surface area contributed by atoms with Crippen LogP contribution in [0.25, 0.3) is 6.08 Å². The van der Waals surface area contributed by atoms with Crippen LogP contribution in [0.4, 0.5) is 40.2 Å². The van der Waals surface area contributed by atoms with E-state index >= 15 is 0 Å². The molecular weight excluding hydrogens is 651 g/mol. The van der Waals surface area contributed by atoms with Crippen molar-refractivity contribution in [3.8, 4) is 0 Å². The molecule has 5 aromatic rings. The predicted molar refractivity (Wildman–Crippen MR) is 221 cm³/mol. The van der Waals surface area contributed by atoms with Gasteiger partial charge in [-0.1, -0.05) is 109 Å². The van der Waals surface area contributed by atoms with Gasteiger partial charge in [0.1, 0.15) is 12.3 Å². The molecule has 8 rings (SSSR count). The molecule has 0 radical (unpaired) electrons. The number of hydrogen-bond acceptors (Lipinski definition) is 7. The zero-order valence-electron chi connectivity index (χ0n) is 32.6. The summed E-state index contributed by atoms with van der Waals surface area (Å²) >= 11 is 0. The number of hydrogen-bond donors (Lipinski definition) is 0. The van der Waals surface area contributed by atoms with Crippen LogP contribution >= 0.6 is 0 Å². The van der Waals surface area contributed by atoms with Gasteiger partial charge in [-0.3, -0.25) is 0 Å². The van der Waals surface area contributed by atoms with Gasteiger partial charge in [0.2, 0.25) is 0 Å². The lowest BCUT2D eigenvalue weighted by Gasteiger charge is -2.62. The highest BCUT2D eigenvalue weighted by molar-refractivity contribution is 5.88. The van der Waals surface area contributed by atoms with E-state index in [2.05, 4.69) is 173 Å². The Hall–Kier alpha value is -5.17. The van der Waals surface area contributed by atoms with Crippen molar-refractivity contribution < 1.29 is 0 Å². The quantitative estimate of drug-likeness (QED) is 0.159. The van der Waals surface area contributed by atoms with E-state index in [9.17, 15) is 0 Å². The van der Waals surface area contributed by atoms with Crippen LogP contribution in [0.5, 0.6) is 0 Å². The van der Waals surface area contributed by atoms with E-state index in [1.165, 1.54) is 16.9 Å². The van der Waals surface area contributed by atoms with Crippen LogP contribution in [0.15, 0.2) is 110 Å². The Morgan fingerprint density at radius 2 is 1.43 bits per heavy atom. The highest BCUT2D eigenvalue weighted by Crippen LogP contribution is 2.66. The molecule has 53 heavy (non-hydrogen) atoms. The summed E-state index contributed by atoms with van der Waals surface area (Å²) < 4.78 is 0. The fourth-order valence-electron chi connectivity index (χ4n) is 9.77. The maximum Gasteiger partial charge on any atom is 0.178 e. The first-order valence-corrected chi connectivity index (χ1v) is 19.3. The molecule has 3 aliphatic heterocycles. The Bertz CT molecular complexity index is 2160. The Labute approximate surface area is 316 Å². The molecule has 7 heteroatoms.